The Balaban J connectivity index is 0.00000100. The summed E-state index contributed by atoms with van der Waals surface area (Å²) < 4.78 is 70.9. The van der Waals surface area contributed by atoms with Gasteiger partial charge in [0.1, 0.15) is 0 Å². The van der Waals surface area contributed by atoms with E-state index in [1.807, 2.05) is 14.1 Å². The standard InChI is InChI=1S/C31H37F2N7O5.C2HF3O.C2H6O/c1-19-16-20(36-30(43)29-35-17-23(37(29)2)22-8-9-24(45-5)28(33)27(22)32)6-7-21(19)31(44)39-13-11-38(12-14-39)26(42)10-15-40(3,4)18-25(34)41;3-2(4,5)1-6;1-3-2/h6-9,16-17H,10-15,18H2,1-5H3,(H2-,34,36,41,43,44);1H;1-2H3/p+1. The molecule has 1 fully saturated rings. The third kappa shape index (κ3) is 12.6. The number of methoxy groups -OCH3 is 2. The first kappa shape index (κ1) is 44.7. The lowest BCUT2D eigenvalue weighted by atomic mass is 10.1. The van der Waals surface area contributed by atoms with E-state index in [0.717, 1.165) is 0 Å². The van der Waals surface area contributed by atoms with Gasteiger partial charge in [-0.2, -0.15) is 17.6 Å². The molecule has 1 aliphatic rings. The number of hydrogen-bond donors (Lipinski definition) is 2. The second-order valence-electron chi connectivity index (χ2n) is 12.7. The van der Waals surface area contributed by atoms with Gasteiger partial charge in [-0.05, 0) is 42.8 Å². The summed E-state index contributed by atoms with van der Waals surface area (Å²) in [5.74, 6) is -3.73. The third-order valence-electron chi connectivity index (χ3n) is 8.02. The van der Waals surface area contributed by atoms with Gasteiger partial charge in [-0.25, -0.2) is 9.37 Å². The number of ether oxygens (including phenoxy) is 2. The average Bonchev–Trinajstić information content (AvgIpc) is 3.48. The van der Waals surface area contributed by atoms with Crippen LogP contribution in [-0.2, 0) is 26.2 Å². The van der Waals surface area contributed by atoms with Crippen LogP contribution in [0.5, 0.6) is 5.75 Å². The highest BCUT2D eigenvalue weighted by Crippen LogP contribution is 2.30. The van der Waals surface area contributed by atoms with Crippen LogP contribution in [0.4, 0.5) is 27.6 Å². The number of hydrogen-bond acceptors (Lipinski definition) is 8. The molecule has 14 nitrogen and oxygen atoms in total. The van der Waals surface area contributed by atoms with Crippen molar-refractivity contribution in [1.29, 1.82) is 0 Å². The molecular formula is C35H45F5N7O7+. The maximum absolute atomic E-state index is 14.7. The fourth-order valence-corrected chi connectivity index (χ4v) is 5.31. The quantitative estimate of drug-likeness (QED) is 0.180. The van der Waals surface area contributed by atoms with Crippen LogP contribution < -0.4 is 15.8 Å². The molecule has 0 radical (unpaired) electrons. The molecular weight excluding hydrogens is 725 g/mol. The van der Waals surface area contributed by atoms with E-state index in [1.165, 1.54) is 37.1 Å². The van der Waals surface area contributed by atoms with E-state index < -0.39 is 35.9 Å². The van der Waals surface area contributed by atoms with E-state index in [-0.39, 0.29) is 47.6 Å². The summed E-state index contributed by atoms with van der Waals surface area (Å²) in [6, 6.07) is 7.54. The van der Waals surface area contributed by atoms with Gasteiger partial charge in [-0.1, -0.05) is 0 Å². The van der Waals surface area contributed by atoms with E-state index in [0.29, 0.717) is 54.0 Å². The van der Waals surface area contributed by atoms with Gasteiger partial charge in [0.15, 0.2) is 23.9 Å². The molecule has 19 heteroatoms. The van der Waals surface area contributed by atoms with Crippen molar-refractivity contribution in [1.82, 2.24) is 19.4 Å². The number of aldehydes is 1. The van der Waals surface area contributed by atoms with Crippen LogP contribution in [0, 0.1) is 18.6 Å². The predicted octanol–water partition coefficient (Wildman–Crippen LogP) is 3.18. The van der Waals surface area contributed by atoms with Crippen molar-refractivity contribution in [3.8, 4) is 17.0 Å². The molecule has 0 bridgehead atoms. The third-order valence-corrected chi connectivity index (χ3v) is 8.02. The average molecular weight is 771 g/mol. The second kappa shape index (κ2) is 19.6. The van der Waals surface area contributed by atoms with Crippen LogP contribution in [0.2, 0.25) is 0 Å². The Bertz CT molecular complexity index is 1810. The molecule has 0 atom stereocenters. The molecule has 1 aromatic heterocycles. The number of nitrogens with two attached hydrogens (primary N) is 1. The lowest BCUT2D eigenvalue weighted by Gasteiger charge is -2.36. The van der Waals surface area contributed by atoms with Crippen LogP contribution in [-0.4, -0.2) is 135 Å². The largest absolute Gasteiger partial charge is 0.494 e. The lowest BCUT2D eigenvalue weighted by molar-refractivity contribution is -0.881. The van der Waals surface area contributed by atoms with Gasteiger partial charge in [0.05, 0.1) is 46.1 Å². The number of imidazole rings is 1. The smallest absolute Gasteiger partial charge is 0.446 e. The number of nitrogens with one attached hydrogen (secondary N) is 1. The minimum absolute atomic E-state index is 0.0266. The van der Waals surface area contributed by atoms with Crippen molar-refractivity contribution < 1.29 is 59.9 Å². The van der Waals surface area contributed by atoms with E-state index in [2.05, 4.69) is 15.0 Å². The minimum atomic E-state index is -4.64. The molecule has 4 rings (SSSR count). The Morgan fingerprint density at radius 3 is 2.07 bits per heavy atom. The van der Waals surface area contributed by atoms with Gasteiger partial charge in [-0.15, -0.1) is 0 Å². The second-order valence-corrected chi connectivity index (χ2v) is 12.7. The highest BCUT2D eigenvalue weighted by Gasteiger charge is 2.28. The molecule has 54 heavy (non-hydrogen) atoms. The van der Waals surface area contributed by atoms with Crippen LogP contribution in [0.15, 0.2) is 36.5 Å². The van der Waals surface area contributed by atoms with Crippen molar-refractivity contribution >= 4 is 35.6 Å². The Morgan fingerprint density at radius 1 is 0.981 bits per heavy atom. The number of primary amides is 1. The van der Waals surface area contributed by atoms with Gasteiger partial charge in [-0.3, -0.25) is 24.0 Å². The summed E-state index contributed by atoms with van der Waals surface area (Å²) in [7, 11) is 9.69. The Morgan fingerprint density at radius 2 is 1.56 bits per heavy atom. The first-order valence-electron chi connectivity index (χ1n) is 16.3. The minimum Gasteiger partial charge on any atom is -0.494 e. The van der Waals surface area contributed by atoms with E-state index in [9.17, 15) is 41.1 Å². The van der Waals surface area contributed by atoms with Crippen LogP contribution in [0.1, 0.15) is 33.0 Å². The number of anilines is 1. The summed E-state index contributed by atoms with van der Waals surface area (Å²) >= 11 is 0. The summed E-state index contributed by atoms with van der Waals surface area (Å²) in [5.41, 5.74) is 6.95. The van der Waals surface area contributed by atoms with Crippen LogP contribution in [0.3, 0.4) is 0 Å². The number of likely N-dealkylation sites (N-methyl/N-ethyl adjacent to an activating group) is 1. The fourth-order valence-electron chi connectivity index (χ4n) is 5.31. The molecule has 296 valence electrons. The molecule has 0 aliphatic carbocycles. The molecule has 4 amide bonds. The summed E-state index contributed by atoms with van der Waals surface area (Å²) in [5, 5.41) is 2.74. The van der Waals surface area contributed by atoms with Crippen molar-refractivity contribution in [2.45, 2.75) is 19.5 Å². The molecule has 0 spiro atoms. The van der Waals surface area contributed by atoms with Crippen molar-refractivity contribution in [2.75, 3.05) is 80.0 Å². The van der Waals surface area contributed by atoms with Gasteiger partial charge in [0.25, 0.3) is 17.7 Å². The molecule has 1 saturated heterocycles. The van der Waals surface area contributed by atoms with Crippen LogP contribution >= 0.6 is 0 Å². The number of benzene rings is 2. The predicted molar refractivity (Wildman–Crippen MR) is 187 cm³/mol. The highest BCUT2D eigenvalue weighted by molar-refractivity contribution is 6.03. The molecule has 3 aromatic rings. The van der Waals surface area contributed by atoms with Crippen molar-refractivity contribution in [2.24, 2.45) is 12.8 Å². The van der Waals surface area contributed by atoms with Gasteiger partial charge in [0, 0.05) is 64.3 Å². The van der Waals surface area contributed by atoms with Crippen molar-refractivity contribution in [3.63, 3.8) is 0 Å². The van der Waals surface area contributed by atoms with E-state index >= 15 is 0 Å². The van der Waals surface area contributed by atoms with E-state index in [4.69, 9.17) is 15.3 Å². The molecule has 1 aliphatic heterocycles. The molecule has 3 N–H and O–H groups in total. The number of carbonyl (C=O) groups is 5. The van der Waals surface area contributed by atoms with Crippen LogP contribution in [0.25, 0.3) is 11.3 Å². The monoisotopic (exact) mass is 770 g/mol. The zero-order valence-corrected chi connectivity index (χ0v) is 31.1. The number of piperazine rings is 1. The Hall–Kier alpha value is -5.43. The first-order chi connectivity index (χ1) is 25.2. The number of halogens is 5. The molecule has 0 saturated carbocycles. The van der Waals surface area contributed by atoms with Gasteiger partial charge in [0.2, 0.25) is 18.0 Å². The summed E-state index contributed by atoms with van der Waals surface area (Å²) in [6.45, 7) is 3.94. The topological polar surface area (TPSA) is 166 Å². The van der Waals surface area contributed by atoms with Gasteiger partial charge >= 0.3 is 6.18 Å². The van der Waals surface area contributed by atoms with E-state index in [1.54, 1.807) is 49.1 Å². The summed E-state index contributed by atoms with van der Waals surface area (Å²) in [4.78, 5) is 66.5. The number of rotatable bonds is 10. The number of aromatic nitrogens is 2. The maximum Gasteiger partial charge on any atom is 0.446 e. The zero-order chi connectivity index (χ0) is 41.0. The number of nitrogens with zero attached hydrogens (tertiary/aromatic N) is 5. The normalized spacial score (nSPS) is 12.8. The number of amides is 4. The molecule has 2 aromatic carbocycles. The molecule has 0 unspecified atom stereocenters. The number of quaternary nitrogens is 1. The lowest BCUT2D eigenvalue weighted by Crippen LogP contribution is -2.52. The zero-order valence-electron chi connectivity index (χ0n) is 31.1. The molecule has 2 heterocycles. The maximum atomic E-state index is 14.7. The Kier molecular flexibility index (Phi) is 16.2. The Labute approximate surface area is 309 Å². The SMILES string of the molecule is COC.COc1ccc(-c2cnc(C(=O)Nc3ccc(C(=O)N4CCN(C(=O)CC[N+](C)(C)CC(N)=O)CC4)c(C)c3)n2C)c(F)c1F.O=CC(F)(F)F. The highest BCUT2D eigenvalue weighted by atomic mass is 19.4. The first-order valence-corrected chi connectivity index (χ1v) is 16.3. The summed E-state index contributed by atoms with van der Waals surface area (Å²) in [6.07, 6.45) is -4.15. The number of alkyl halides is 3. The number of carbonyl (C=O) groups excluding carboxylic acids is 5. The number of aryl methyl sites for hydroxylation is 1. The van der Waals surface area contributed by atoms with Crippen molar-refractivity contribution in [3.05, 3.63) is 65.1 Å². The fraction of sp³-hybridized carbons (Fsp3) is 0.429. The van der Waals surface area contributed by atoms with Gasteiger partial charge < -0.3 is 39.4 Å².